The van der Waals surface area contributed by atoms with Crippen molar-refractivity contribution in [2.45, 2.75) is 6.92 Å². The van der Waals surface area contributed by atoms with Crippen LogP contribution >= 0.6 is 11.6 Å². The molecule has 0 aromatic carbocycles. The molecule has 0 aliphatic heterocycles. The Bertz CT molecular complexity index is 285. The van der Waals surface area contributed by atoms with Gasteiger partial charge in [0, 0.05) is 32.6 Å². The minimum atomic E-state index is -3.20. The first-order valence-corrected chi connectivity index (χ1v) is 7.80. The average molecular weight is 287 g/mol. The highest BCUT2D eigenvalue weighted by Crippen LogP contribution is 2.01. The number of nitrogens with one attached hydrogen (secondary N) is 1. The van der Waals surface area contributed by atoms with Gasteiger partial charge in [-0.15, -0.1) is 11.6 Å². The van der Waals surface area contributed by atoms with Gasteiger partial charge in [-0.05, 0) is 13.0 Å². The Morgan fingerprint density at radius 1 is 1.41 bits per heavy atom. The van der Waals surface area contributed by atoms with Gasteiger partial charge >= 0.3 is 0 Å². The number of ether oxygens (including phenoxy) is 1. The lowest BCUT2D eigenvalue weighted by Crippen LogP contribution is -2.36. The molecule has 0 aromatic heterocycles. The topological polar surface area (TPSA) is 58.6 Å². The molecule has 0 saturated carbocycles. The highest BCUT2D eigenvalue weighted by molar-refractivity contribution is 7.89. The van der Waals surface area contributed by atoms with Crippen LogP contribution in [-0.4, -0.2) is 65.3 Å². The fourth-order valence-corrected chi connectivity index (χ4v) is 2.85. The number of methoxy groups -OCH3 is 1. The van der Waals surface area contributed by atoms with E-state index in [4.69, 9.17) is 16.3 Å². The van der Waals surface area contributed by atoms with Gasteiger partial charge in [0.1, 0.15) is 0 Å². The molecular weight excluding hydrogens is 264 g/mol. The first-order chi connectivity index (χ1) is 7.91. The van der Waals surface area contributed by atoms with E-state index in [9.17, 15) is 8.42 Å². The van der Waals surface area contributed by atoms with Gasteiger partial charge in [0.2, 0.25) is 10.0 Å². The minimum absolute atomic E-state index is 0.0274. The van der Waals surface area contributed by atoms with Crippen LogP contribution in [0.15, 0.2) is 0 Å². The molecule has 0 radical (unpaired) electrons. The first kappa shape index (κ1) is 17.1. The van der Waals surface area contributed by atoms with Crippen LogP contribution < -0.4 is 4.72 Å². The molecule has 0 saturated heterocycles. The average Bonchev–Trinajstić information content (AvgIpc) is 2.25. The standard InChI is InChI=1S/C10H23ClN2O3S/c1-10(8-11)9-17(14,15)12-4-5-13(2)6-7-16-3/h10,12H,4-9H2,1-3H3. The third kappa shape index (κ3) is 9.79. The highest BCUT2D eigenvalue weighted by atomic mass is 35.5. The number of rotatable bonds is 10. The number of sulfonamides is 1. The Morgan fingerprint density at radius 3 is 2.59 bits per heavy atom. The third-order valence-electron chi connectivity index (χ3n) is 2.26. The Kier molecular flexibility index (Phi) is 9.17. The number of hydrogen-bond acceptors (Lipinski definition) is 4. The fourth-order valence-electron chi connectivity index (χ4n) is 1.23. The summed E-state index contributed by atoms with van der Waals surface area (Å²) in [4.78, 5) is 2.01. The van der Waals surface area contributed by atoms with E-state index >= 15 is 0 Å². The van der Waals surface area contributed by atoms with E-state index in [1.54, 1.807) is 7.11 Å². The van der Waals surface area contributed by atoms with Crippen LogP contribution in [0.5, 0.6) is 0 Å². The molecular formula is C10H23ClN2O3S. The van der Waals surface area contributed by atoms with Crippen molar-refractivity contribution in [2.24, 2.45) is 5.92 Å². The van der Waals surface area contributed by atoms with Crippen molar-refractivity contribution in [3.05, 3.63) is 0 Å². The zero-order valence-electron chi connectivity index (χ0n) is 10.8. The summed E-state index contributed by atoms with van der Waals surface area (Å²) in [6.07, 6.45) is 0. The lowest BCUT2D eigenvalue weighted by molar-refractivity contribution is 0.162. The molecule has 0 bridgehead atoms. The molecule has 1 atom stereocenters. The van der Waals surface area contributed by atoms with E-state index < -0.39 is 10.0 Å². The number of hydrogen-bond donors (Lipinski definition) is 1. The number of nitrogens with zero attached hydrogens (tertiary/aromatic N) is 1. The Hall–Kier alpha value is 0.120. The molecule has 7 heteroatoms. The normalized spacial score (nSPS) is 14.2. The summed E-state index contributed by atoms with van der Waals surface area (Å²) in [6.45, 7) is 4.33. The van der Waals surface area contributed by atoms with E-state index in [1.165, 1.54) is 0 Å². The quantitative estimate of drug-likeness (QED) is 0.589. The Balaban J connectivity index is 3.79. The highest BCUT2D eigenvalue weighted by Gasteiger charge is 2.14. The van der Waals surface area contributed by atoms with Gasteiger partial charge in [0.25, 0.3) is 0 Å². The number of halogens is 1. The van der Waals surface area contributed by atoms with Crippen molar-refractivity contribution in [3.63, 3.8) is 0 Å². The van der Waals surface area contributed by atoms with Crippen molar-refractivity contribution in [1.82, 2.24) is 9.62 Å². The van der Waals surface area contributed by atoms with Crippen LogP contribution in [-0.2, 0) is 14.8 Å². The van der Waals surface area contributed by atoms with Gasteiger partial charge < -0.3 is 9.64 Å². The second kappa shape index (κ2) is 9.10. The summed E-state index contributed by atoms with van der Waals surface area (Å²) in [5, 5.41) is 0. The third-order valence-corrected chi connectivity index (χ3v) is 4.44. The van der Waals surface area contributed by atoms with Gasteiger partial charge in [-0.25, -0.2) is 13.1 Å². The molecule has 104 valence electrons. The molecule has 0 spiro atoms. The van der Waals surface area contributed by atoms with Crippen LogP contribution in [0.1, 0.15) is 6.92 Å². The van der Waals surface area contributed by atoms with Crippen LogP contribution in [0.25, 0.3) is 0 Å². The van der Waals surface area contributed by atoms with E-state index in [-0.39, 0.29) is 11.7 Å². The van der Waals surface area contributed by atoms with Crippen molar-refractivity contribution in [3.8, 4) is 0 Å². The molecule has 0 rings (SSSR count). The number of alkyl halides is 1. The van der Waals surface area contributed by atoms with Crippen molar-refractivity contribution in [1.29, 1.82) is 0 Å². The fraction of sp³-hybridized carbons (Fsp3) is 1.00. The Labute approximate surface area is 110 Å². The summed E-state index contributed by atoms with van der Waals surface area (Å²) < 4.78 is 30.7. The lowest BCUT2D eigenvalue weighted by Gasteiger charge is -2.16. The van der Waals surface area contributed by atoms with Gasteiger partial charge in [0.05, 0.1) is 12.4 Å². The van der Waals surface area contributed by atoms with E-state index in [1.807, 2.05) is 18.9 Å². The molecule has 5 nitrogen and oxygen atoms in total. The molecule has 0 aromatic rings. The van der Waals surface area contributed by atoms with Crippen LogP contribution in [0.3, 0.4) is 0 Å². The van der Waals surface area contributed by atoms with Gasteiger partial charge in [-0.1, -0.05) is 6.92 Å². The lowest BCUT2D eigenvalue weighted by atomic mass is 10.3. The van der Waals surface area contributed by atoms with E-state index in [0.29, 0.717) is 25.6 Å². The van der Waals surface area contributed by atoms with E-state index in [0.717, 1.165) is 6.54 Å². The first-order valence-electron chi connectivity index (χ1n) is 5.62. The summed E-state index contributed by atoms with van der Waals surface area (Å²) in [5.41, 5.74) is 0. The van der Waals surface area contributed by atoms with E-state index in [2.05, 4.69) is 4.72 Å². The number of likely N-dealkylation sites (N-methyl/N-ethyl adjacent to an activating group) is 1. The van der Waals surface area contributed by atoms with Gasteiger partial charge in [-0.2, -0.15) is 0 Å². The predicted octanol–water partition coefficient (Wildman–Crippen LogP) is 0.359. The Morgan fingerprint density at radius 2 is 2.06 bits per heavy atom. The van der Waals surface area contributed by atoms with Gasteiger partial charge in [-0.3, -0.25) is 0 Å². The summed E-state index contributed by atoms with van der Waals surface area (Å²) in [5.74, 6) is 0.410. The van der Waals surface area contributed by atoms with Gasteiger partial charge in [0.15, 0.2) is 0 Å². The zero-order chi connectivity index (χ0) is 13.3. The molecule has 0 aliphatic rings. The molecule has 0 heterocycles. The van der Waals surface area contributed by atoms with Crippen LogP contribution in [0, 0.1) is 5.92 Å². The maximum Gasteiger partial charge on any atom is 0.211 e. The van der Waals surface area contributed by atoms with Crippen LogP contribution in [0.2, 0.25) is 0 Å². The summed E-state index contributed by atoms with van der Waals surface area (Å²) in [6, 6.07) is 0. The van der Waals surface area contributed by atoms with Crippen molar-refractivity contribution >= 4 is 21.6 Å². The largest absolute Gasteiger partial charge is 0.383 e. The monoisotopic (exact) mass is 286 g/mol. The maximum absolute atomic E-state index is 11.6. The molecule has 0 aliphatic carbocycles. The SMILES string of the molecule is COCCN(C)CCNS(=O)(=O)CC(C)CCl. The maximum atomic E-state index is 11.6. The molecule has 0 fully saturated rings. The molecule has 1 N–H and O–H groups in total. The zero-order valence-corrected chi connectivity index (χ0v) is 12.4. The second-order valence-electron chi connectivity index (χ2n) is 4.23. The van der Waals surface area contributed by atoms with Crippen molar-refractivity contribution < 1.29 is 13.2 Å². The summed E-state index contributed by atoms with van der Waals surface area (Å²) >= 11 is 5.59. The van der Waals surface area contributed by atoms with Crippen LogP contribution in [0.4, 0.5) is 0 Å². The predicted molar refractivity (Wildman–Crippen MR) is 71.0 cm³/mol. The smallest absolute Gasteiger partial charge is 0.211 e. The molecule has 0 amide bonds. The van der Waals surface area contributed by atoms with Crippen molar-refractivity contribution in [2.75, 3.05) is 52.0 Å². The minimum Gasteiger partial charge on any atom is -0.383 e. The summed E-state index contributed by atoms with van der Waals surface area (Å²) in [7, 11) is 0.367. The molecule has 17 heavy (non-hydrogen) atoms. The molecule has 1 unspecified atom stereocenters. The second-order valence-corrected chi connectivity index (χ2v) is 6.39.